The number of nitrogens with zero attached hydrogens (tertiary/aromatic N) is 1. The number of amides is 3. The number of carbonyl (C=O) groups excluding carboxylic acids is 3. The molecular formula is C28H41N3O6. The molecule has 37 heavy (non-hydrogen) atoms. The summed E-state index contributed by atoms with van der Waals surface area (Å²) in [6, 6.07) is 8.67. The topological polar surface area (TPSA) is 125 Å². The Balaban J connectivity index is 1.89. The molecule has 3 N–H and O–H groups in total. The smallest absolute Gasteiger partial charge is 0.407 e. The van der Waals surface area contributed by atoms with E-state index >= 15 is 0 Å². The zero-order valence-corrected chi connectivity index (χ0v) is 21.8. The zero-order chi connectivity index (χ0) is 26.9. The van der Waals surface area contributed by atoms with Crippen LogP contribution in [0.15, 0.2) is 42.5 Å². The first kappa shape index (κ1) is 29.9. The van der Waals surface area contributed by atoms with E-state index in [0.29, 0.717) is 45.2 Å². The number of carboxylic acids is 1. The van der Waals surface area contributed by atoms with Crippen molar-refractivity contribution in [2.45, 2.75) is 76.9 Å². The Labute approximate surface area is 219 Å². The lowest BCUT2D eigenvalue weighted by molar-refractivity contribution is -0.142. The quantitative estimate of drug-likeness (QED) is 0.337. The monoisotopic (exact) mass is 515 g/mol. The van der Waals surface area contributed by atoms with Crippen LogP contribution in [0.5, 0.6) is 0 Å². The van der Waals surface area contributed by atoms with Crippen molar-refractivity contribution in [1.82, 2.24) is 15.5 Å². The molecule has 0 aliphatic carbocycles. The SMILES string of the molecule is CN1CCCC/C=C/CCC[C@H](CC(=O)O)C(=O)N[C@@H](CCCCNC(=O)OCc2ccccc2)C1=O. The van der Waals surface area contributed by atoms with Gasteiger partial charge in [-0.25, -0.2) is 4.79 Å². The number of carboxylic acid groups (broad SMARTS) is 1. The maximum absolute atomic E-state index is 13.1. The van der Waals surface area contributed by atoms with E-state index in [1.165, 1.54) is 0 Å². The average molecular weight is 516 g/mol. The van der Waals surface area contributed by atoms with E-state index < -0.39 is 29.9 Å². The molecule has 0 spiro atoms. The van der Waals surface area contributed by atoms with Crippen molar-refractivity contribution in [1.29, 1.82) is 0 Å². The van der Waals surface area contributed by atoms with Crippen LogP contribution in [0.4, 0.5) is 4.79 Å². The first-order valence-electron chi connectivity index (χ1n) is 13.2. The van der Waals surface area contributed by atoms with E-state index in [1.807, 2.05) is 30.3 Å². The van der Waals surface area contributed by atoms with Crippen molar-refractivity contribution in [3.8, 4) is 0 Å². The van der Waals surface area contributed by atoms with Gasteiger partial charge in [0.15, 0.2) is 0 Å². The molecular weight excluding hydrogens is 474 g/mol. The van der Waals surface area contributed by atoms with Gasteiger partial charge in [0.1, 0.15) is 12.6 Å². The summed E-state index contributed by atoms with van der Waals surface area (Å²) in [5.74, 6) is -2.28. The van der Waals surface area contributed by atoms with E-state index in [4.69, 9.17) is 4.74 Å². The van der Waals surface area contributed by atoms with Crippen LogP contribution in [0, 0.1) is 5.92 Å². The van der Waals surface area contributed by atoms with Gasteiger partial charge in [-0.3, -0.25) is 14.4 Å². The summed E-state index contributed by atoms with van der Waals surface area (Å²) in [5, 5.41) is 14.8. The number of hydrogen-bond donors (Lipinski definition) is 3. The molecule has 2 rings (SSSR count). The van der Waals surface area contributed by atoms with Crippen LogP contribution in [0.3, 0.4) is 0 Å². The lowest BCUT2D eigenvalue weighted by Gasteiger charge is -2.26. The van der Waals surface area contributed by atoms with Crippen molar-refractivity contribution in [3.05, 3.63) is 48.0 Å². The van der Waals surface area contributed by atoms with Crippen molar-refractivity contribution < 1.29 is 29.0 Å². The summed E-state index contributed by atoms with van der Waals surface area (Å²) in [4.78, 5) is 51.0. The van der Waals surface area contributed by atoms with E-state index in [2.05, 4.69) is 22.8 Å². The molecule has 3 amide bonds. The molecule has 2 atom stereocenters. The normalized spacial score (nSPS) is 20.7. The molecule has 1 aliphatic rings. The van der Waals surface area contributed by atoms with Crippen molar-refractivity contribution in [3.63, 3.8) is 0 Å². The molecule has 1 aromatic rings. The Kier molecular flexibility index (Phi) is 13.9. The van der Waals surface area contributed by atoms with Crippen LogP contribution in [0.1, 0.15) is 69.8 Å². The van der Waals surface area contributed by atoms with Gasteiger partial charge in [0.2, 0.25) is 11.8 Å². The molecule has 0 radical (unpaired) electrons. The molecule has 1 heterocycles. The summed E-state index contributed by atoms with van der Waals surface area (Å²) in [6.45, 7) is 1.16. The molecule has 0 saturated carbocycles. The number of benzene rings is 1. The summed E-state index contributed by atoms with van der Waals surface area (Å²) in [5.41, 5.74) is 0.901. The van der Waals surface area contributed by atoms with Crippen LogP contribution in [-0.4, -0.2) is 60.1 Å². The van der Waals surface area contributed by atoms with E-state index in [-0.39, 0.29) is 18.9 Å². The predicted molar refractivity (Wildman–Crippen MR) is 141 cm³/mol. The maximum atomic E-state index is 13.1. The molecule has 9 nitrogen and oxygen atoms in total. The van der Waals surface area contributed by atoms with Crippen LogP contribution >= 0.6 is 0 Å². The van der Waals surface area contributed by atoms with Crippen LogP contribution in [0.25, 0.3) is 0 Å². The Morgan fingerprint density at radius 2 is 1.81 bits per heavy atom. The highest BCUT2D eigenvalue weighted by Crippen LogP contribution is 2.16. The number of rotatable bonds is 9. The molecule has 204 valence electrons. The lowest BCUT2D eigenvalue weighted by atomic mass is 9.96. The fraction of sp³-hybridized carbons (Fsp3) is 0.571. The number of hydrogen-bond acceptors (Lipinski definition) is 5. The summed E-state index contributed by atoms with van der Waals surface area (Å²) < 4.78 is 5.20. The number of carbonyl (C=O) groups is 4. The summed E-state index contributed by atoms with van der Waals surface area (Å²) in [6.07, 6.45) is 9.76. The Hall–Kier alpha value is -3.36. The molecule has 1 aliphatic heterocycles. The second-order valence-electron chi connectivity index (χ2n) is 9.50. The third-order valence-electron chi connectivity index (χ3n) is 6.39. The summed E-state index contributed by atoms with van der Waals surface area (Å²) in [7, 11) is 1.73. The van der Waals surface area contributed by atoms with Gasteiger partial charge >= 0.3 is 12.1 Å². The standard InChI is InChI=1S/C28H41N3O6/c1-31-19-13-6-4-2-3-5-10-16-23(20-25(32)33)26(34)30-24(27(31)35)17-11-12-18-29-28(36)37-21-22-14-8-7-9-15-22/h2-3,7-9,14-15,23-24H,4-6,10-13,16-21H2,1H3,(H,29,36)(H,30,34)(H,32,33)/b3-2+/t23-,24+/m1/s1. The first-order chi connectivity index (χ1) is 17.9. The van der Waals surface area contributed by atoms with E-state index in [1.54, 1.807) is 11.9 Å². The van der Waals surface area contributed by atoms with Crippen LogP contribution in [0.2, 0.25) is 0 Å². The van der Waals surface area contributed by atoms with Gasteiger partial charge in [-0.2, -0.15) is 0 Å². The van der Waals surface area contributed by atoms with Crippen molar-refractivity contribution in [2.75, 3.05) is 20.1 Å². The highest BCUT2D eigenvalue weighted by atomic mass is 16.5. The minimum Gasteiger partial charge on any atom is -0.481 e. The van der Waals surface area contributed by atoms with E-state index in [9.17, 15) is 24.3 Å². The Morgan fingerprint density at radius 3 is 2.54 bits per heavy atom. The minimum atomic E-state index is -1.03. The van der Waals surface area contributed by atoms with Crippen LogP contribution < -0.4 is 10.6 Å². The zero-order valence-electron chi connectivity index (χ0n) is 21.8. The molecule has 0 bridgehead atoms. The van der Waals surface area contributed by atoms with Crippen molar-refractivity contribution >= 4 is 23.9 Å². The van der Waals surface area contributed by atoms with Gasteiger partial charge in [0.05, 0.1) is 6.42 Å². The van der Waals surface area contributed by atoms with Gasteiger partial charge in [-0.15, -0.1) is 0 Å². The lowest BCUT2D eigenvalue weighted by Crippen LogP contribution is -2.49. The molecule has 9 heteroatoms. The largest absolute Gasteiger partial charge is 0.481 e. The number of nitrogens with one attached hydrogen (secondary N) is 2. The second-order valence-corrected chi connectivity index (χ2v) is 9.50. The highest BCUT2D eigenvalue weighted by molar-refractivity contribution is 5.89. The molecule has 0 unspecified atom stereocenters. The minimum absolute atomic E-state index is 0.178. The third-order valence-corrected chi connectivity index (χ3v) is 6.39. The molecule has 0 saturated heterocycles. The molecule has 0 aromatic heterocycles. The van der Waals surface area contributed by atoms with Crippen LogP contribution in [-0.2, 0) is 25.7 Å². The Morgan fingerprint density at radius 1 is 1.08 bits per heavy atom. The van der Waals surface area contributed by atoms with Crippen molar-refractivity contribution in [2.24, 2.45) is 5.92 Å². The van der Waals surface area contributed by atoms with E-state index in [0.717, 1.165) is 31.2 Å². The number of aliphatic carboxylic acids is 1. The summed E-state index contributed by atoms with van der Waals surface area (Å²) >= 11 is 0. The first-order valence-corrected chi connectivity index (χ1v) is 13.2. The average Bonchev–Trinajstić information content (AvgIpc) is 2.88. The van der Waals surface area contributed by atoms with Gasteiger partial charge in [0.25, 0.3) is 0 Å². The van der Waals surface area contributed by atoms with Gasteiger partial charge in [-0.1, -0.05) is 42.5 Å². The van der Waals surface area contributed by atoms with Gasteiger partial charge in [-0.05, 0) is 63.4 Å². The number of unbranched alkanes of at least 4 members (excludes halogenated alkanes) is 1. The highest BCUT2D eigenvalue weighted by Gasteiger charge is 2.28. The fourth-order valence-electron chi connectivity index (χ4n) is 4.23. The maximum Gasteiger partial charge on any atom is 0.407 e. The number of alkyl carbamates (subject to hydrolysis) is 1. The van der Waals surface area contributed by atoms with Gasteiger partial charge < -0.3 is 25.4 Å². The number of ether oxygens (including phenoxy) is 1. The number of allylic oxidation sites excluding steroid dienone is 2. The van der Waals surface area contributed by atoms with Gasteiger partial charge in [0, 0.05) is 26.1 Å². The third kappa shape index (κ3) is 12.4. The Bertz CT molecular complexity index is 889. The number of likely N-dealkylation sites (N-methyl/N-ethyl adjacent to an activating group) is 1. The fourth-order valence-corrected chi connectivity index (χ4v) is 4.23. The predicted octanol–water partition coefficient (Wildman–Crippen LogP) is 4.03. The second kappa shape index (κ2) is 17.2. The molecule has 1 aromatic carbocycles. The molecule has 0 fully saturated rings.